The van der Waals surface area contributed by atoms with Crippen LogP contribution in [-0.4, -0.2) is 39.7 Å². The number of fused-ring (bicyclic) bond motifs is 4. The summed E-state index contributed by atoms with van der Waals surface area (Å²) in [7, 11) is 0. The van der Waals surface area contributed by atoms with Gasteiger partial charge in [0.05, 0.1) is 18.0 Å². The van der Waals surface area contributed by atoms with Crippen LogP contribution in [-0.2, 0) is 24.2 Å². The van der Waals surface area contributed by atoms with Crippen LogP contribution in [0.3, 0.4) is 0 Å². The number of thiophene rings is 1. The fourth-order valence-corrected chi connectivity index (χ4v) is 5.97. The lowest BCUT2D eigenvalue weighted by atomic mass is 9.84. The average Bonchev–Trinajstić information content (AvgIpc) is 3.41. The molecule has 0 fully saturated rings. The van der Waals surface area contributed by atoms with Crippen molar-refractivity contribution in [3.63, 3.8) is 0 Å². The van der Waals surface area contributed by atoms with Crippen LogP contribution < -0.4 is 11.1 Å². The van der Waals surface area contributed by atoms with Gasteiger partial charge in [-0.25, -0.2) is 9.97 Å². The zero-order valence-corrected chi connectivity index (χ0v) is 18.7. The number of aliphatic imine (C=N–C) groups is 1. The molecule has 0 amide bonds. The van der Waals surface area contributed by atoms with E-state index in [1.54, 1.807) is 17.7 Å². The molecule has 4 N–H and O–H groups in total. The first-order valence-corrected chi connectivity index (χ1v) is 12.0. The number of benzene rings is 1. The number of aromatic nitrogens is 2. The number of rotatable bonds is 8. The number of ketones is 1. The quantitative estimate of drug-likeness (QED) is 0.485. The van der Waals surface area contributed by atoms with E-state index in [-0.39, 0.29) is 12.4 Å². The lowest BCUT2D eigenvalue weighted by Gasteiger charge is -2.22. The lowest BCUT2D eigenvalue weighted by Crippen LogP contribution is -2.31. The molecule has 2 aliphatic rings. The van der Waals surface area contributed by atoms with Gasteiger partial charge in [-0.15, -0.1) is 11.3 Å². The molecule has 0 saturated heterocycles. The molecule has 0 spiro atoms. The van der Waals surface area contributed by atoms with Crippen molar-refractivity contribution >= 4 is 45.1 Å². The molecular formula is C24H27N5O2S. The molecule has 8 heteroatoms. The topological polar surface area (TPSA) is 113 Å². The Balaban J connectivity index is 1.33. The summed E-state index contributed by atoms with van der Waals surface area (Å²) < 4.78 is 0. The van der Waals surface area contributed by atoms with Crippen molar-refractivity contribution < 1.29 is 9.90 Å². The van der Waals surface area contributed by atoms with Crippen molar-refractivity contribution in [3.05, 3.63) is 46.1 Å². The Morgan fingerprint density at radius 1 is 1.34 bits per heavy atom. The Kier molecular flexibility index (Phi) is 5.99. The van der Waals surface area contributed by atoms with Crippen LogP contribution in [0.25, 0.3) is 10.2 Å². The molecule has 7 nitrogen and oxygen atoms in total. The molecule has 1 unspecified atom stereocenters. The molecule has 32 heavy (non-hydrogen) atoms. The van der Waals surface area contributed by atoms with Gasteiger partial charge in [0.1, 0.15) is 22.8 Å². The first kappa shape index (κ1) is 21.2. The highest BCUT2D eigenvalue weighted by Crippen LogP contribution is 2.41. The molecule has 1 aliphatic carbocycles. The molecule has 3 aromatic rings. The fourth-order valence-electron chi connectivity index (χ4n) is 4.67. The smallest absolute Gasteiger partial charge is 0.149 e. The van der Waals surface area contributed by atoms with Crippen LogP contribution in [0.4, 0.5) is 11.5 Å². The molecule has 5 rings (SSSR count). The maximum atomic E-state index is 12.2. The molecule has 2 atom stereocenters. The highest BCUT2D eigenvalue weighted by Gasteiger charge is 2.26. The van der Waals surface area contributed by atoms with Crippen LogP contribution >= 0.6 is 11.3 Å². The standard InChI is InChI=1S/C24H27N5O2S/c25-19(7-8-30)20(31)6-2-14-1-5-18-21(9-14)32-24-22(18)23(27-13-28-24)29-17-4-3-15-11-26-12-16(15)10-17/h3-4,10,12-14,19,30H,1-2,5-9,11,25H2,(H,27,28,29)/t14?,19-/m0/s1. The van der Waals surface area contributed by atoms with Crippen molar-refractivity contribution in [1.82, 2.24) is 9.97 Å². The summed E-state index contributed by atoms with van der Waals surface area (Å²) in [4.78, 5) is 28.0. The normalized spacial score (nSPS) is 17.9. The number of aryl methyl sites for hydroxylation is 1. The number of Topliss-reactive ketones (excluding diaryl/α,β-unsaturated/α-hetero) is 1. The minimum Gasteiger partial charge on any atom is -0.396 e. The third-order valence-electron chi connectivity index (χ3n) is 6.50. The summed E-state index contributed by atoms with van der Waals surface area (Å²) in [6.07, 6.45) is 8.20. The van der Waals surface area contributed by atoms with Gasteiger partial charge in [0.25, 0.3) is 0 Å². The number of nitrogens with zero attached hydrogens (tertiary/aromatic N) is 3. The number of nitrogens with two attached hydrogens (primary N) is 1. The summed E-state index contributed by atoms with van der Waals surface area (Å²) in [5, 5.41) is 13.6. The third-order valence-corrected chi connectivity index (χ3v) is 7.66. The minimum absolute atomic E-state index is 0.0437. The summed E-state index contributed by atoms with van der Waals surface area (Å²) in [5.41, 5.74) is 10.6. The van der Waals surface area contributed by atoms with Crippen LogP contribution in [0.1, 0.15) is 47.3 Å². The number of hydrogen-bond acceptors (Lipinski definition) is 8. The van der Waals surface area contributed by atoms with Crippen LogP contribution in [0.5, 0.6) is 0 Å². The molecule has 1 aromatic carbocycles. The molecular weight excluding hydrogens is 422 g/mol. The minimum atomic E-state index is -0.544. The third kappa shape index (κ3) is 4.18. The first-order valence-electron chi connectivity index (χ1n) is 11.2. The molecule has 0 radical (unpaired) electrons. The summed E-state index contributed by atoms with van der Waals surface area (Å²) in [6.45, 7) is 0.712. The van der Waals surface area contributed by atoms with Crippen LogP contribution in [0, 0.1) is 5.92 Å². The van der Waals surface area contributed by atoms with Gasteiger partial charge in [0.2, 0.25) is 0 Å². The molecule has 3 heterocycles. The van der Waals surface area contributed by atoms with Crippen LogP contribution in [0.2, 0.25) is 0 Å². The van der Waals surface area contributed by atoms with Crippen molar-refractivity contribution in [2.45, 2.75) is 51.1 Å². The number of carbonyl (C=O) groups excluding carboxylic acids is 1. The number of aliphatic hydroxyl groups excluding tert-OH is 1. The number of aliphatic hydroxyl groups is 1. The second-order valence-corrected chi connectivity index (χ2v) is 9.73. The fraction of sp³-hybridized carbons (Fsp3) is 0.417. The lowest BCUT2D eigenvalue weighted by molar-refractivity contribution is -0.120. The van der Waals surface area contributed by atoms with Gasteiger partial charge in [0.15, 0.2) is 0 Å². The highest BCUT2D eigenvalue weighted by molar-refractivity contribution is 7.19. The second kappa shape index (κ2) is 9.05. The van der Waals surface area contributed by atoms with E-state index in [0.717, 1.165) is 59.5 Å². The Morgan fingerprint density at radius 2 is 2.25 bits per heavy atom. The van der Waals surface area contributed by atoms with E-state index in [4.69, 9.17) is 10.8 Å². The van der Waals surface area contributed by atoms with E-state index in [9.17, 15) is 4.79 Å². The summed E-state index contributed by atoms with van der Waals surface area (Å²) in [6, 6.07) is 5.77. The Hall–Kier alpha value is -2.68. The van der Waals surface area contributed by atoms with Crippen molar-refractivity contribution in [1.29, 1.82) is 0 Å². The van der Waals surface area contributed by atoms with Gasteiger partial charge in [-0.3, -0.25) is 9.79 Å². The van der Waals surface area contributed by atoms with Gasteiger partial charge < -0.3 is 16.2 Å². The average molecular weight is 450 g/mol. The van der Waals surface area contributed by atoms with E-state index in [1.165, 1.54) is 16.0 Å². The van der Waals surface area contributed by atoms with E-state index in [0.29, 0.717) is 18.8 Å². The largest absolute Gasteiger partial charge is 0.396 e. The van der Waals surface area contributed by atoms with Crippen molar-refractivity contribution in [2.24, 2.45) is 16.6 Å². The van der Waals surface area contributed by atoms with Crippen molar-refractivity contribution in [2.75, 3.05) is 11.9 Å². The van der Waals surface area contributed by atoms with Gasteiger partial charge in [0, 0.05) is 29.8 Å². The van der Waals surface area contributed by atoms with Gasteiger partial charge in [-0.2, -0.15) is 0 Å². The molecule has 166 valence electrons. The molecule has 1 aliphatic heterocycles. The van der Waals surface area contributed by atoms with Crippen molar-refractivity contribution in [3.8, 4) is 0 Å². The Bertz CT molecular complexity index is 1190. The number of anilines is 2. The SMILES string of the molecule is N[C@@H](CCO)C(=O)CCC1CCc2c(sc3ncnc(Nc4ccc5c(c4)C=NC5)c23)C1. The first-order chi connectivity index (χ1) is 15.6. The molecule has 0 bridgehead atoms. The zero-order chi connectivity index (χ0) is 22.1. The van der Waals surface area contributed by atoms with E-state index in [2.05, 4.69) is 38.5 Å². The zero-order valence-electron chi connectivity index (χ0n) is 17.9. The van der Waals surface area contributed by atoms with Gasteiger partial charge in [-0.05, 0) is 66.8 Å². The Labute approximate surface area is 190 Å². The summed E-state index contributed by atoms with van der Waals surface area (Å²) in [5.74, 6) is 1.38. The number of carbonyl (C=O) groups is 1. The second-order valence-electron chi connectivity index (χ2n) is 8.65. The van der Waals surface area contributed by atoms with Gasteiger partial charge in [-0.1, -0.05) is 6.07 Å². The maximum absolute atomic E-state index is 12.2. The predicted molar refractivity (Wildman–Crippen MR) is 128 cm³/mol. The molecule has 0 saturated carbocycles. The van der Waals surface area contributed by atoms with Crippen LogP contribution in [0.15, 0.2) is 29.5 Å². The summed E-state index contributed by atoms with van der Waals surface area (Å²) >= 11 is 1.74. The highest BCUT2D eigenvalue weighted by atomic mass is 32.1. The maximum Gasteiger partial charge on any atom is 0.149 e. The monoisotopic (exact) mass is 449 g/mol. The van der Waals surface area contributed by atoms with E-state index >= 15 is 0 Å². The van der Waals surface area contributed by atoms with Gasteiger partial charge >= 0.3 is 0 Å². The number of nitrogens with one attached hydrogen (secondary N) is 1. The Morgan fingerprint density at radius 3 is 3.12 bits per heavy atom. The van der Waals surface area contributed by atoms with E-state index < -0.39 is 6.04 Å². The predicted octanol–water partition coefficient (Wildman–Crippen LogP) is 3.53. The van der Waals surface area contributed by atoms with E-state index in [1.807, 2.05) is 6.21 Å². The molecule has 2 aromatic heterocycles. The number of hydrogen-bond donors (Lipinski definition) is 3.